The molecule has 2 aromatic rings. The lowest BCUT2D eigenvalue weighted by molar-refractivity contribution is -0.122. The van der Waals surface area contributed by atoms with Gasteiger partial charge in [-0.1, -0.05) is 0 Å². The van der Waals surface area contributed by atoms with Crippen LogP contribution in [-0.4, -0.2) is 40.2 Å². The van der Waals surface area contributed by atoms with E-state index in [0.29, 0.717) is 17.8 Å². The Morgan fingerprint density at radius 2 is 2.08 bits per heavy atom. The first-order chi connectivity index (χ1) is 10.8. The zero-order valence-electron chi connectivity index (χ0n) is 14.3. The Kier molecular flexibility index (Phi) is 7.19. The molecule has 0 aromatic carbocycles. The molecule has 2 amide bonds. The van der Waals surface area contributed by atoms with Gasteiger partial charge in [0.2, 0.25) is 5.91 Å². The Hall–Kier alpha value is -1.64. The van der Waals surface area contributed by atoms with Gasteiger partial charge in [0.15, 0.2) is 0 Å². The number of nitrogens with two attached hydrogens (primary N) is 1. The van der Waals surface area contributed by atoms with E-state index in [1.54, 1.807) is 11.6 Å². The van der Waals surface area contributed by atoms with Crippen molar-refractivity contribution in [2.24, 2.45) is 12.8 Å². The van der Waals surface area contributed by atoms with Crippen molar-refractivity contribution in [2.45, 2.75) is 39.3 Å². The summed E-state index contributed by atoms with van der Waals surface area (Å²) in [5.41, 5.74) is 6.52. The third-order valence-electron chi connectivity index (χ3n) is 3.56. The fourth-order valence-electron chi connectivity index (χ4n) is 2.23. The van der Waals surface area contributed by atoms with Gasteiger partial charge in [-0.15, -0.1) is 23.7 Å². The summed E-state index contributed by atoms with van der Waals surface area (Å²) in [7, 11) is 1.85. The fraction of sp³-hybridized carbons (Fsp3) is 0.533. The highest BCUT2D eigenvalue weighted by Crippen LogP contribution is 2.27. The third kappa shape index (κ3) is 4.68. The van der Waals surface area contributed by atoms with Crippen molar-refractivity contribution in [3.8, 4) is 0 Å². The summed E-state index contributed by atoms with van der Waals surface area (Å²) in [4.78, 5) is 25.8. The average Bonchev–Trinajstić information content (AvgIpc) is 3.01. The van der Waals surface area contributed by atoms with Gasteiger partial charge < -0.3 is 16.4 Å². The summed E-state index contributed by atoms with van der Waals surface area (Å²) in [5.74, 6) is -0.460. The molecule has 0 aliphatic rings. The molecule has 0 fully saturated rings. The fourth-order valence-corrected chi connectivity index (χ4v) is 3.25. The van der Waals surface area contributed by atoms with E-state index in [9.17, 15) is 9.59 Å². The largest absolute Gasteiger partial charge is 0.354 e. The molecule has 0 saturated carbocycles. The molecule has 2 rings (SSSR count). The molecule has 0 spiro atoms. The maximum atomic E-state index is 12.3. The second-order valence-corrected chi connectivity index (χ2v) is 6.82. The summed E-state index contributed by atoms with van der Waals surface area (Å²) in [6.45, 7) is 5.96. The van der Waals surface area contributed by atoms with E-state index in [1.807, 2.05) is 27.0 Å². The maximum Gasteiger partial charge on any atom is 0.262 e. The van der Waals surface area contributed by atoms with Gasteiger partial charge in [0.25, 0.3) is 5.91 Å². The average molecular weight is 374 g/mol. The number of nitrogens with one attached hydrogen (secondary N) is 2. The summed E-state index contributed by atoms with van der Waals surface area (Å²) >= 11 is 1.37. The lowest BCUT2D eigenvalue weighted by Gasteiger charge is -2.14. The first kappa shape index (κ1) is 20.4. The highest BCUT2D eigenvalue weighted by Gasteiger charge is 2.19. The molecular formula is C15H24ClN5O2S. The van der Waals surface area contributed by atoms with Crippen LogP contribution in [0, 0.1) is 6.92 Å². The molecule has 134 valence electrons. The summed E-state index contributed by atoms with van der Waals surface area (Å²) < 4.78 is 1.76. The van der Waals surface area contributed by atoms with E-state index < -0.39 is 6.04 Å². The van der Waals surface area contributed by atoms with Gasteiger partial charge in [0.05, 0.1) is 10.6 Å². The number of thiophene rings is 1. The number of halogens is 1. The molecule has 2 heterocycles. The Balaban J connectivity index is 0.00000288. The van der Waals surface area contributed by atoms with E-state index >= 15 is 0 Å². The first-order valence-corrected chi connectivity index (χ1v) is 8.38. The van der Waals surface area contributed by atoms with Gasteiger partial charge in [-0.05, 0) is 33.3 Å². The molecule has 2 unspecified atom stereocenters. The number of hydrogen-bond donors (Lipinski definition) is 3. The van der Waals surface area contributed by atoms with Gasteiger partial charge >= 0.3 is 0 Å². The zero-order valence-corrected chi connectivity index (χ0v) is 15.9. The molecule has 0 bridgehead atoms. The minimum absolute atomic E-state index is 0. The molecule has 0 aliphatic heterocycles. The smallest absolute Gasteiger partial charge is 0.262 e. The van der Waals surface area contributed by atoms with Crippen LogP contribution in [0.2, 0.25) is 0 Å². The van der Waals surface area contributed by atoms with Crippen molar-refractivity contribution in [1.82, 2.24) is 20.4 Å². The van der Waals surface area contributed by atoms with Gasteiger partial charge in [-0.3, -0.25) is 14.3 Å². The van der Waals surface area contributed by atoms with Gasteiger partial charge in [-0.2, -0.15) is 5.10 Å². The van der Waals surface area contributed by atoms with E-state index in [1.165, 1.54) is 11.3 Å². The molecule has 4 N–H and O–H groups in total. The number of rotatable bonds is 6. The van der Waals surface area contributed by atoms with Crippen LogP contribution in [0.5, 0.6) is 0 Å². The Morgan fingerprint density at radius 3 is 2.67 bits per heavy atom. The van der Waals surface area contributed by atoms with E-state index in [4.69, 9.17) is 5.73 Å². The Morgan fingerprint density at radius 1 is 1.42 bits per heavy atom. The summed E-state index contributed by atoms with van der Waals surface area (Å²) in [6, 6.07) is 1.26. The normalized spacial score (nSPS) is 13.2. The van der Waals surface area contributed by atoms with Crippen LogP contribution in [-0.2, 0) is 11.8 Å². The number of aryl methyl sites for hydroxylation is 2. The van der Waals surface area contributed by atoms with Crippen molar-refractivity contribution in [2.75, 3.05) is 6.54 Å². The van der Waals surface area contributed by atoms with Crippen molar-refractivity contribution < 1.29 is 9.59 Å². The van der Waals surface area contributed by atoms with Crippen LogP contribution in [0.4, 0.5) is 0 Å². The SMILES string of the molecule is Cc1nn(C)c2sc(C(=O)NC(C)C(=O)NCCC(C)N)cc12.Cl. The predicted octanol–water partition coefficient (Wildman–Crippen LogP) is 1.34. The number of nitrogens with zero attached hydrogens (tertiary/aromatic N) is 2. The molecule has 2 atom stereocenters. The van der Waals surface area contributed by atoms with Crippen LogP contribution >= 0.6 is 23.7 Å². The number of amides is 2. The number of carbonyl (C=O) groups excluding carboxylic acids is 2. The lowest BCUT2D eigenvalue weighted by Crippen LogP contribution is -2.45. The quantitative estimate of drug-likeness (QED) is 0.710. The molecule has 7 nitrogen and oxygen atoms in total. The second kappa shape index (κ2) is 8.46. The van der Waals surface area contributed by atoms with Crippen LogP contribution in [0.15, 0.2) is 6.07 Å². The van der Waals surface area contributed by atoms with Crippen molar-refractivity contribution in [3.05, 3.63) is 16.6 Å². The number of hydrogen-bond acceptors (Lipinski definition) is 5. The number of aromatic nitrogens is 2. The van der Waals surface area contributed by atoms with Crippen LogP contribution in [0.1, 0.15) is 35.6 Å². The number of fused-ring (bicyclic) bond motifs is 1. The summed E-state index contributed by atoms with van der Waals surface area (Å²) in [6.07, 6.45) is 0.703. The van der Waals surface area contributed by atoms with Gasteiger partial charge in [0.1, 0.15) is 10.9 Å². The zero-order chi connectivity index (χ0) is 17.1. The highest BCUT2D eigenvalue weighted by molar-refractivity contribution is 7.20. The van der Waals surface area contributed by atoms with E-state index in [0.717, 1.165) is 15.9 Å². The van der Waals surface area contributed by atoms with Crippen molar-refractivity contribution in [1.29, 1.82) is 0 Å². The minimum atomic E-state index is -0.597. The van der Waals surface area contributed by atoms with Crippen molar-refractivity contribution in [3.63, 3.8) is 0 Å². The topological polar surface area (TPSA) is 102 Å². The third-order valence-corrected chi connectivity index (χ3v) is 4.76. The molecule has 9 heteroatoms. The molecular weight excluding hydrogens is 350 g/mol. The molecule has 2 aromatic heterocycles. The number of carbonyl (C=O) groups is 2. The summed E-state index contributed by atoms with van der Waals surface area (Å²) in [5, 5.41) is 10.8. The standard InChI is InChI=1S/C15H23N5O2S.ClH/c1-8(16)5-6-17-13(21)10(3)18-14(22)12-7-11-9(2)19-20(4)15(11)23-12;/h7-8,10H,5-6,16H2,1-4H3,(H,17,21)(H,18,22);1H. The van der Waals surface area contributed by atoms with Crippen LogP contribution in [0.25, 0.3) is 10.2 Å². The Bertz CT molecular complexity index is 690. The highest BCUT2D eigenvalue weighted by atomic mass is 35.5. The predicted molar refractivity (Wildman–Crippen MR) is 98.8 cm³/mol. The lowest BCUT2D eigenvalue weighted by atomic mass is 10.2. The molecule has 0 aliphatic carbocycles. The van der Waals surface area contributed by atoms with E-state index in [-0.39, 0.29) is 30.3 Å². The van der Waals surface area contributed by atoms with Gasteiger partial charge in [0, 0.05) is 25.0 Å². The van der Waals surface area contributed by atoms with E-state index in [2.05, 4.69) is 15.7 Å². The van der Waals surface area contributed by atoms with Crippen LogP contribution in [0.3, 0.4) is 0 Å². The Labute approximate surface area is 151 Å². The second-order valence-electron chi connectivity index (χ2n) is 5.79. The van der Waals surface area contributed by atoms with Crippen molar-refractivity contribution >= 4 is 45.8 Å². The minimum Gasteiger partial charge on any atom is -0.354 e. The maximum absolute atomic E-state index is 12.3. The van der Waals surface area contributed by atoms with Crippen LogP contribution < -0.4 is 16.4 Å². The first-order valence-electron chi connectivity index (χ1n) is 7.57. The monoisotopic (exact) mass is 373 g/mol. The molecule has 0 radical (unpaired) electrons. The molecule has 24 heavy (non-hydrogen) atoms. The molecule has 0 saturated heterocycles. The van der Waals surface area contributed by atoms with Gasteiger partial charge in [-0.25, -0.2) is 0 Å².